The van der Waals surface area contributed by atoms with Crippen molar-refractivity contribution in [1.82, 2.24) is 19.7 Å². The molecule has 2 aromatic heterocycles. The molecule has 0 spiro atoms. The molecule has 1 aromatic carbocycles. The number of para-hydroxylation sites is 2. The van der Waals surface area contributed by atoms with E-state index < -0.39 is 0 Å². The van der Waals surface area contributed by atoms with Gasteiger partial charge in [-0.1, -0.05) is 23.9 Å². The molecular formula is C21H21N5O4S. The largest absolute Gasteiger partial charge is 0.485 e. The van der Waals surface area contributed by atoms with Gasteiger partial charge < -0.3 is 23.4 Å². The third-order valence-electron chi connectivity index (χ3n) is 4.76. The standard InChI is InChI=1S/C21H21N5O4S/c1-25-20(18-13-29-16-7-2-3-8-17(16)30-18)23-24-21(25)31-14-19(27)26(10-5-9-22)12-15-6-4-11-28-15/h2-4,6-8,11,18H,5,10,12-14H2,1H3. The molecule has 1 aliphatic heterocycles. The van der Waals surface area contributed by atoms with Crippen LogP contribution in [0, 0.1) is 11.3 Å². The lowest BCUT2D eigenvalue weighted by Crippen LogP contribution is -2.32. The fourth-order valence-electron chi connectivity index (χ4n) is 3.16. The molecule has 10 heteroatoms. The Balaban J connectivity index is 1.39. The Morgan fingerprint density at radius 2 is 2.13 bits per heavy atom. The molecule has 0 radical (unpaired) electrons. The van der Waals surface area contributed by atoms with Gasteiger partial charge in [-0.05, 0) is 24.3 Å². The summed E-state index contributed by atoms with van der Waals surface area (Å²) in [6.45, 7) is 0.996. The van der Waals surface area contributed by atoms with Gasteiger partial charge >= 0.3 is 0 Å². The van der Waals surface area contributed by atoms with E-state index in [0.717, 1.165) is 0 Å². The predicted molar refractivity (Wildman–Crippen MR) is 111 cm³/mol. The van der Waals surface area contributed by atoms with Crippen molar-refractivity contribution in [3.63, 3.8) is 0 Å². The molecule has 31 heavy (non-hydrogen) atoms. The zero-order valence-electron chi connectivity index (χ0n) is 16.9. The summed E-state index contributed by atoms with van der Waals surface area (Å²) in [5.74, 6) is 2.73. The first-order valence-corrected chi connectivity index (χ1v) is 10.7. The Morgan fingerprint density at radius 3 is 2.90 bits per heavy atom. The number of thioether (sulfide) groups is 1. The highest BCUT2D eigenvalue weighted by Gasteiger charge is 2.27. The van der Waals surface area contributed by atoms with Crippen LogP contribution in [0.3, 0.4) is 0 Å². The van der Waals surface area contributed by atoms with Crippen molar-refractivity contribution in [1.29, 1.82) is 5.26 Å². The maximum absolute atomic E-state index is 12.8. The number of fused-ring (bicyclic) bond motifs is 1. The highest BCUT2D eigenvalue weighted by Crippen LogP contribution is 2.35. The number of benzene rings is 1. The molecule has 1 atom stereocenters. The summed E-state index contributed by atoms with van der Waals surface area (Å²) in [6.07, 6.45) is 1.43. The SMILES string of the molecule is Cn1c(SCC(=O)N(CCC#N)Cc2ccco2)nnc1C1COc2ccccc2O1. The normalized spacial score (nSPS) is 14.8. The molecule has 0 N–H and O–H groups in total. The predicted octanol–water partition coefficient (Wildman–Crippen LogP) is 2.96. The van der Waals surface area contributed by atoms with Crippen LogP contribution in [0.2, 0.25) is 0 Å². The third-order valence-corrected chi connectivity index (χ3v) is 5.77. The van der Waals surface area contributed by atoms with Crippen LogP contribution < -0.4 is 9.47 Å². The maximum atomic E-state index is 12.8. The molecule has 0 fully saturated rings. The van der Waals surface area contributed by atoms with Crippen molar-refractivity contribution >= 4 is 17.7 Å². The van der Waals surface area contributed by atoms with E-state index in [1.165, 1.54) is 11.8 Å². The summed E-state index contributed by atoms with van der Waals surface area (Å²) in [4.78, 5) is 14.4. The number of amides is 1. The van der Waals surface area contributed by atoms with Gasteiger partial charge in [0.1, 0.15) is 12.4 Å². The lowest BCUT2D eigenvalue weighted by Gasteiger charge is -2.25. The molecule has 4 rings (SSSR count). The van der Waals surface area contributed by atoms with Crippen LogP contribution in [0.4, 0.5) is 0 Å². The zero-order chi connectivity index (χ0) is 21.6. The maximum Gasteiger partial charge on any atom is 0.233 e. The fraction of sp³-hybridized carbons (Fsp3) is 0.333. The average molecular weight is 439 g/mol. The summed E-state index contributed by atoms with van der Waals surface area (Å²) in [6, 6.07) is 13.1. The molecule has 0 bridgehead atoms. The van der Waals surface area contributed by atoms with Crippen LogP contribution in [0.1, 0.15) is 24.1 Å². The Kier molecular flexibility index (Phi) is 6.43. The Morgan fingerprint density at radius 1 is 1.29 bits per heavy atom. The lowest BCUT2D eigenvalue weighted by molar-refractivity contribution is -0.129. The van der Waals surface area contributed by atoms with Gasteiger partial charge in [0.05, 0.1) is 31.1 Å². The quantitative estimate of drug-likeness (QED) is 0.493. The van der Waals surface area contributed by atoms with Gasteiger partial charge in [-0.25, -0.2) is 0 Å². The van der Waals surface area contributed by atoms with Gasteiger partial charge in [-0.2, -0.15) is 5.26 Å². The van der Waals surface area contributed by atoms with Gasteiger partial charge in [0.15, 0.2) is 28.6 Å². The number of ether oxygens (including phenoxy) is 2. The zero-order valence-corrected chi connectivity index (χ0v) is 17.7. The first-order valence-electron chi connectivity index (χ1n) is 9.73. The van der Waals surface area contributed by atoms with Gasteiger partial charge in [-0.15, -0.1) is 10.2 Å². The molecule has 160 valence electrons. The summed E-state index contributed by atoms with van der Waals surface area (Å²) < 4.78 is 18.9. The Hall–Kier alpha value is -3.45. The molecule has 1 unspecified atom stereocenters. The third kappa shape index (κ3) is 4.83. The summed E-state index contributed by atoms with van der Waals surface area (Å²) in [5, 5.41) is 18.0. The first-order chi connectivity index (χ1) is 15.2. The highest BCUT2D eigenvalue weighted by atomic mass is 32.2. The van der Waals surface area contributed by atoms with Gasteiger partial charge in [0, 0.05) is 13.6 Å². The number of nitriles is 1. The van der Waals surface area contributed by atoms with Gasteiger partial charge in [0.2, 0.25) is 5.91 Å². The minimum Gasteiger partial charge on any atom is -0.485 e. The number of hydrogen-bond acceptors (Lipinski definition) is 8. The smallest absolute Gasteiger partial charge is 0.233 e. The van der Waals surface area contributed by atoms with E-state index in [0.29, 0.717) is 47.9 Å². The van der Waals surface area contributed by atoms with Crippen LogP contribution in [0.15, 0.2) is 52.2 Å². The van der Waals surface area contributed by atoms with Crippen molar-refractivity contribution in [2.24, 2.45) is 7.05 Å². The van der Waals surface area contributed by atoms with Crippen LogP contribution in [-0.2, 0) is 18.4 Å². The van der Waals surface area contributed by atoms with Gasteiger partial charge in [0.25, 0.3) is 0 Å². The van der Waals surface area contributed by atoms with Crippen molar-refractivity contribution in [2.75, 3.05) is 18.9 Å². The van der Waals surface area contributed by atoms with E-state index >= 15 is 0 Å². The lowest BCUT2D eigenvalue weighted by atomic mass is 10.2. The van der Waals surface area contributed by atoms with E-state index in [1.807, 2.05) is 35.9 Å². The number of carbonyl (C=O) groups is 1. The van der Waals surface area contributed by atoms with Crippen LogP contribution in [0.5, 0.6) is 11.5 Å². The molecule has 3 heterocycles. The van der Waals surface area contributed by atoms with Crippen molar-refractivity contribution in [3.8, 4) is 17.6 Å². The Bertz CT molecular complexity index is 1080. The van der Waals surface area contributed by atoms with Crippen molar-refractivity contribution < 1.29 is 18.7 Å². The summed E-state index contributed by atoms with van der Waals surface area (Å²) in [5.41, 5.74) is 0. The van der Waals surface area contributed by atoms with E-state index in [-0.39, 0.29) is 24.2 Å². The fourth-order valence-corrected chi connectivity index (χ4v) is 3.99. The molecule has 0 aliphatic carbocycles. The molecule has 9 nitrogen and oxygen atoms in total. The number of furan rings is 1. The first kappa shape index (κ1) is 20.8. The minimum atomic E-state index is -0.386. The molecule has 1 amide bonds. The topological polar surface area (TPSA) is 106 Å². The van der Waals surface area contributed by atoms with E-state index in [2.05, 4.69) is 16.3 Å². The van der Waals surface area contributed by atoms with Crippen LogP contribution in [0.25, 0.3) is 0 Å². The highest BCUT2D eigenvalue weighted by molar-refractivity contribution is 7.99. The second-order valence-corrected chi connectivity index (χ2v) is 7.80. The molecule has 1 aliphatic rings. The number of aromatic nitrogens is 3. The molecule has 0 saturated heterocycles. The molecule has 0 saturated carbocycles. The second kappa shape index (κ2) is 9.57. The summed E-state index contributed by atoms with van der Waals surface area (Å²) >= 11 is 1.29. The second-order valence-electron chi connectivity index (χ2n) is 6.86. The number of rotatable bonds is 8. The van der Waals surface area contributed by atoms with Crippen LogP contribution in [-0.4, -0.2) is 44.5 Å². The van der Waals surface area contributed by atoms with E-state index in [9.17, 15) is 4.79 Å². The summed E-state index contributed by atoms with van der Waals surface area (Å²) in [7, 11) is 1.84. The average Bonchev–Trinajstić information content (AvgIpc) is 3.44. The van der Waals surface area contributed by atoms with Crippen molar-refractivity contribution in [2.45, 2.75) is 24.2 Å². The van der Waals surface area contributed by atoms with E-state index in [1.54, 1.807) is 23.3 Å². The number of hydrogen-bond donors (Lipinski definition) is 0. The molecule has 3 aromatic rings. The molecular weight excluding hydrogens is 418 g/mol. The van der Waals surface area contributed by atoms with Gasteiger partial charge in [-0.3, -0.25) is 4.79 Å². The van der Waals surface area contributed by atoms with E-state index in [4.69, 9.17) is 19.2 Å². The Labute approximate surface area is 183 Å². The minimum absolute atomic E-state index is 0.104. The number of carbonyl (C=O) groups excluding carboxylic acids is 1. The van der Waals surface area contributed by atoms with Crippen molar-refractivity contribution in [3.05, 3.63) is 54.2 Å². The number of nitrogens with zero attached hydrogens (tertiary/aromatic N) is 5. The monoisotopic (exact) mass is 439 g/mol. The van der Waals surface area contributed by atoms with Crippen LogP contribution >= 0.6 is 11.8 Å².